The zero-order valence-corrected chi connectivity index (χ0v) is 20.3. The molecule has 0 aromatic heterocycles. The van der Waals surface area contributed by atoms with Crippen molar-refractivity contribution in [1.82, 2.24) is 5.01 Å². The number of rotatable bonds is 6. The van der Waals surface area contributed by atoms with E-state index in [1.165, 1.54) is 4.90 Å². The molecule has 1 amide bonds. The van der Waals surface area contributed by atoms with Crippen LogP contribution < -0.4 is 14.4 Å². The maximum atomic E-state index is 12.9. The van der Waals surface area contributed by atoms with Crippen molar-refractivity contribution in [2.45, 2.75) is 12.5 Å². The number of carbonyl (C=O) groups is 2. The number of halogens is 1. The first kappa shape index (κ1) is 22.2. The summed E-state index contributed by atoms with van der Waals surface area (Å²) in [5.41, 5.74) is 3.92. The molecule has 2 heterocycles. The zero-order valence-electron chi connectivity index (χ0n) is 18.7. The number of hydrogen-bond donors (Lipinski definition) is 0. The van der Waals surface area contributed by atoms with Crippen molar-refractivity contribution in [3.63, 3.8) is 0 Å². The Bertz CT molecular complexity index is 1290. The number of nitrogens with zero attached hydrogens (tertiary/aromatic N) is 3. The summed E-state index contributed by atoms with van der Waals surface area (Å²) in [5.74, 6) is 0.495. The predicted octanol–water partition coefficient (Wildman–Crippen LogP) is 4.80. The largest absolute Gasteiger partial charge is 0.497 e. The fraction of sp³-hybridized carbons (Fsp3) is 0.192. The van der Waals surface area contributed by atoms with E-state index in [4.69, 9.17) is 14.6 Å². The first-order valence-corrected chi connectivity index (χ1v) is 11.6. The van der Waals surface area contributed by atoms with Gasteiger partial charge in [-0.05, 0) is 65.7 Å². The molecule has 0 N–H and O–H groups in total. The SMILES string of the molecule is COc1ccc(C2=NN(CN3C(=O)C(=O)c4ccc(Br)cc43)[C@H](c3ccc(OC)cc3)C2)cc1. The minimum absolute atomic E-state index is 0.109. The quantitative estimate of drug-likeness (QED) is 0.437. The molecule has 7 nitrogen and oxygen atoms in total. The lowest BCUT2D eigenvalue weighted by molar-refractivity contribution is -0.114. The van der Waals surface area contributed by atoms with Crippen LogP contribution in [0.1, 0.15) is 33.9 Å². The number of hydrogen-bond acceptors (Lipinski definition) is 6. The fourth-order valence-corrected chi connectivity index (χ4v) is 4.66. The number of benzene rings is 3. The molecule has 0 unspecified atom stereocenters. The van der Waals surface area contributed by atoms with Gasteiger partial charge in [0.2, 0.25) is 0 Å². The first-order valence-electron chi connectivity index (χ1n) is 10.8. The van der Waals surface area contributed by atoms with Gasteiger partial charge in [-0.1, -0.05) is 28.1 Å². The molecule has 0 fully saturated rings. The lowest BCUT2D eigenvalue weighted by atomic mass is 9.98. The summed E-state index contributed by atoms with van der Waals surface area (Å²) in [4.78, 5) is 26.9. The van der Waals surface area contributed by atoms with Gasteiger partial charge >= 0.3 is 5.91 Å². The summed E-state index contributed by atoms with van der Waals surface area (Å²) >= 11 is 3.45. The smallest absolute Gasteiger partial charge is 0.301 e. The number of ketones is 1. The second-order valence-corrected chi connectivity index (χ2v) is 8.99. The van der Waals surface area contributed by atoms with Crippen molar-refractivity contribution in [3.05, 3.63) is 87.9 Å². The molecule has 0 radical (unpaired) electrons. The van der Waals surface area contributed by atoms with Crippen molar-refractivity contribution in [1.29, 1.82) is 0 Å². The van der Waals surface area contributed by atoms with Crippen LogP contribution in [0.5, 0.6) is 11.5 Å². The lowest BCUT2D eigenvalue weighted by Crippen LogP contribution is -2.39. The molecule has 1 atom stereocenters. The van der Waals surface area contributed by atoms with Gasteiger partial charge in [0.15, 0.2) is 0 Å². The van der Waals surface area contributed by atoms with Crippen molar-refractivity contribution in [2.75, 3.05) is 25.8 Å². The van der Waals surface area contributed by atoms with Crippen LogP contribution in [0.3, 0.4) is 0 Å². The molecule has 0 bridgehead atoms. The molecule has 3 aromatic carbocycles. The molecule has 5 rings (SSSR count). The van der Waals surface area contributed by atoms with E-state index in [1.54, 1.807) is 32.4 Å². The molecule has 34 heavy (non-hydrogen) atoms. The van der Waals surface area contributed by atoms with Crippen LogP contribution in [-0.2, 0) is 4.79 Å². The molecule has 172 valence electrons. The lowest BCUT2D eigenvalue weighted by Gasteiger charge is -2.28. The van der Waals surface area contributed by atoms with E-state index in [0.29, 0.717) is 17.7 Å². The van der Waals surface area contributed by atoms with Crippen LogP contribution in [0.4, 0.5) is 5.69 Å². The van der Waals surface area contributed by atoms with Crippen molar-refractivity contribution in [3.8, 4) is 11.5 Å². The highest BCUT2D eigenvalue weighted by molar-refractivity contribution is 9.10. The number of carbonyl (C=O) groups excluding carboxylic acids is 2. The normalized spacial score (nSPS) is 17.1. The summed E-state index contributed by atoms with van der Waals surface area (Å²) < 4.78 is 11.4. The molecule has 8 heteroatoms. The summed E-state index contributed by atoms with van der Waals surface area (Å²) in [7, 11) is 3.27. The number of anilines is 1. The molecule has 2 aliphatic heterocycles. The maximum Gasteiger partial charge on any atom is 0.301 e. The Kier molecular flexibility index (Phi) is 5.83. The van der Waals surface area contributed by atoms with Gasteiger partial charge in [0.25, 0.3) is 5.78 Å². The average Bonchev–Trinajstić information content (AvgIpc) is 3.39. The molecular formula is C26H22BrN3O4. The van der Waals surface area contributed by atoms with E-state index < -0.39 is 11.7 Å². The Balaban J connectivity index is 1.50. The number of methoxy groups -OCH3 is 2. The molecule has 0 aliphatic carbocycles. The van der Waals surface area contributed by atoms with Crippen molar-refractivity contribution in [2.24, 2.45) is 5.10 Å². The Morgan fingerprint density at radius 1 is 0.941 bits per heavy atom. The Morgan fingerprint density at radius 2 is 1.59 bits per heavy atom. The fourth-order valence-electron chi connectivity index (χ4n) is 4.31. The Morgan fingerprint density at radius 3 is 2.24 bits per heavy atom. The van der Waals surface area contributed by atoms with E-state index in [0.717, 1.165) is 32.8 Å². The molecular weight excluding hydrogens is 498 g/mol. The standard InChI is InChI=1S/C26H22BrN3O4/c1-33-19-8-3-16(4-9-19)22-14-23(17-5-10-20(34-2)11-6-17)30(28-22)15-29-24-13-18(27)7-12-21(24)25(31)26(29)32/h3-13,23H,14-15H2,1-2H3/t23-/m0/s1. The third-order valence-electron chi connectivity index (χ3n) is 6.14. The number of fused-ring (bicyclic) bond motifs is 1. The van der Waals surface area contributed by atoms with E-state index in [2.05, 4.69) is 15.9 Å². The summed E-state index contributed by atoms with van der Waals surface area (Å²) in [6, 6.07) is 20.7. The number of amides is 1. The van der Waals surface area contributed by atoms with Crippen LogP contribution in [0.15, 0.2) is 76.3 Å². The number of ether oxygens (including phenoxy) is 2. The van der Waals surface area contributed by atoms with Gasteiger partial charge < -0.3 is 9.47 Å². The Labute approximate surface area is 205 Å². The highest BCUT2D eigenvalue weighted by atomic mass is 79.9. The second kappa shape index (κ2) is 8.95. The van der Waals surface area contributed by atoms with Gasteiger partial charge in [0, 0.05) is 10.9 Å². The zero-order chi connectivity index (χ0) is 23.8. The molecule has 0 saturated heterocycles. The molecule has 0 spiro atoms. The van der Waals surface area contributed by atoms with Crippen molar-refractivity contribution < 1.29 is 19.1 Å². The topological polar surface area (TPSA) is 71.4 Å². The average molecular weight is 520 g/mol. The second-order valence-electron chi connectivity index (χ2n) is 8.07. The van der Waals surface area contributed by atoms with Gasteiger partial charge in [-0.15, -0.1) is 0 Å². The third kappa shape index (κ3) is 3.94. The van der Waals surface area contributed by atoms with E-state index in [-0.39, 0.29) is 12.7 Å². The van der Waals surface area contributed by atoms with Gasteiger partial charge in [-0.3, -0.25) is 19.5 Å². The van der Waals surface area contributed by atoms with Crippen LogP contribution >= 0.6 is 15.9 Å². The minimum atomic E-state index is -0.547. The summed E-state index contributed by atoms with van der Waals surface area (Å²) in [6.07, 6.45) is 0.653. The first-order chi connectivity index (χ1) is 16.5. The van der Waals surface area contributed by atoms with Crippen molar-refractivity contribution >= 4 is 39.0 Å². The predicted molar refractivity (Wildman–Crippen MR) is 133 cm³/mol. The maximum absolute atomic E-state index is 12.9. The molecule has 0 saturated carbocycles. The highest BCUT2D eigenvalue weighted by Gasteiger charge is 2.39. The highest BCUT2D eigenvalue weighted by Crippen LogP contribution is 2.37. The van der Waals surface area contributed by atoms with E-state index in [9.17, 15) is 9.59 Å². The van der Waals surface area contributed by atoms with Gasteiger partial charge in [-0.2, -0.15) is 5.10 Å². The van der Waals surface area contributed by atoms with E-state index >= 15 is 0 Å². The van der Waals surface area contributed by atoms with Crippen LogP contribution in [-0.4, -0.2) is 43.3 Å². The van der Waals surface area contributed by atoms with Gasteiger partial charge in [-0.25, -0.2) is 0 Å². The number of Topliss-reactive ketones (excluding diaryl/α,β-unsaturated/α-hetero) is 1. The molecule has 3 aromatic rings. The third-order valence-corrected chi connectivity index (χ3v) is 6.63. The Hall–Kier alpha value is -3.65. The molecule has 2 aliphatic rings. The summed E-state index contributed by atoms with van der Waals surface area (Å²) in [5, 5.41) is 6.77. The summed E-state index contributed by atoms with van der Waals surface area (Å²) in [6.45, 7) is 0.157. The van der Waals surface area contributed by atoms with Gasteiger partial charge in [0.1, 0.15) is 18.2 Å². The van der Waals surface area contributed by atoms with E-state index in [1.807, 2.05) is 53.5 Å². The monoisotopic (exact) mass is 519 g/mol. The van der Waals surface area contributed by atoms with Gasteiger partial charge in [0.05, 0.1) is 37.2 Å². The minimum Gasteiger partial charge on any atom is -0.497 e. The van der Waals surface area contributed by atoms with Crippen LogP contribution in [0.2, 0.25) is 0 Å². The van der Waals surface area contributed by atoms with Crippen LogP contribution in [0.25, 0.3) is 0 Å². The number of hydrazone groups is 1. The van der Waals surface area contributed by atoms with Crippen LogP contribution in [0, 0.1) is 0 Å².